The van der Waals surface area contributed by atoms with Crippen molar-refractivity contribution in [3.63, 3.8) is 0 Å². The second-order valence-electron chi connectivity index (χ2n) is 8.94. The van der Waals surface area contributed by atoms with Crippen LogP contribution in [-0.2, 0) is 22.3 Å². The first-order chi connectivity index (χ1) is 16.8. The Kier molecular flexibility index (Phi) is 6.07. The van der Waals surface area contributed by atoms with Gasteiger partial charge in [0.05, 0.1) is 6.10 Å². The van der Waals surface area contributed by atoms with Crippen LogP contribution in [0.3, 0.4) is 0 Å². The predicted molar refractivity (Wildman–Crippen MR) is 121 cm³/mol. The molecule has 186 valence electrons. The minimum absolute atomic E-state index is 0.0123. The summed E-state index contributed by atoms with van der Waals surface area (Å²) in [4.78, 5) is 31.6. The van der Waals surface area contributed by atoms with Gasteiger partial charge in [0.15, 0.2) is 17.0 Å². The molecular formula is C23H26F3N7O2. The number of anilines is 1. The van der Waals surface area contributed by atoms with Crippen molar-refractivity contribution in [1.29, 1.82) is 0 Å². The fourth-order valence-corrected chi connectivity index (χ4v) is 4.75. The highest BCUT2D eigenvalue weighted by Gasteiger charge is 2.39. The SMILES string of the molecule is CCn1c(-c2ccc(C(F)(F)F)nc2)nc2c(NC3CCN(C(=O)[C@H]4C[C@@H](OC)C4)C3)ncnc21. The third-order valence-electron chi connectivity index (χ3n) is 6.78. The van der Waals surface area contributed by atoms with Gasteiger partial charge in [-0.2, -0.15) is 13.2 Å². The van der Waals surface area contributed by atoms with Gasteiger partial charge in [0.1, 0.15) is 17.8 Å². The summed E-state index contributed by atoms with van der Waals surface area (Å²) in [6.07, 6.45) is 0.599. The zero-order valence-electron chi connectivity index (χ0n) is 19.4. The van der Waals surface area contributed by atoms with E-state index in [1.165, 1.54) is 18.6 Å². The number of pyridine rings is 1. The van der Waals surface area contributed by atoms with Crippen molar-refractivity contribution in [2.45, 2.75) is 51.1 Å². The molecule has 35 heavy (non-hydrogen) atoms. The molecule has 12 heteroatoms. The number of aryl methyl sites for hydroxylation is 1. The lowest BCUT2D eigenvalue weighted by Gasteiger charge is -2.35. The third-order valence-corrected chi connectivity index (χ3v) is 6.78. The Balaban J connectivity index is 1.35. The molecule has 1 aliphatic carbocycles. The van der Waals surface area contributed by atoms with E-state index in [0.29, 0.717) is 48.0 Å². The number of aromatic nitrogens is 5. The fraction of sp³-hybridized carbons (Fsp3) is 0.522. The van der Waals surface area contributed by atoms with Gasteiger partial charge in [-0.3, -0.25) is 9.78 Å². The smallest absolute Gasteiger partial charge is 0.381 e. The zero-order chi connectivity index (χ0) is 24.7. The van der Waals surface area contributed by atoms with Gasteiger partial charge in [-0.15, -0.1) is 0 Å². The van der Waals surface area contributed by atoms with Crippen molar-refractivity contribution in [2.75, 3.05) is 25.5 Å². The first-order valence-corrected chi connectivity index (χ1v) is 11.6. The number of likely N-dealkylation sites (tertiary alicyclic amines) is 1. The fourth-order valence-electron chi connectivity index (χ4n) is 4.75. The van der Waals surface area contributed by atoms with Gasteiger partial charge in [-0.25, -0.2) is 15.0 Å². The van der Waals surface area contributed by atoms with Crippen LogP contribution in [0.4, 0.5) is 19.0 Å². The molecule has 1 N–H and O–H groups in total. The molecule has 4 heterocycles. The van der Waals surface area contributed by atoms with Crippen LogP contribution >= 0.6 is 0 Å². The molecule has 1 unspecified atom stereocenters. The molecule has 1 amide bonds. The first kappa shape index (κ1) is 23.5. The van der Waals surface area contributed by atoms with Crippen LogP contribution in [0.15, 0.2) is 24.7 Å². The van der Waals surface area contributed by atoms with Gasteiger partial charge in [-0.05, 0) is 38.3 Å². The Bertz CT molecular complexity index is 1220. The largest absolute Gasteiger partial charge is 0.433 e. The number of hydrogen-bond acceptors (Lipinski definition) is 7. The molecule has 0 radical (unpaired) electrons. The lowest BCUT2D eigenvalue weighted by atomic mass is 9.81. The molecule has 1 aliphatic heterocycles. The van der Waals surface area contributed by atoms with E-state index in [0.717, 1.165) is 25.3 Å². The van der Waals surface area contributed by atoms with E-state index >= 15 is 0 Å². The van der Waals surface area contributed by atoms with Crippen LogP contribution < -0.4 is 5.32 Å². The summed E-state index contributed by atoms with van der Waals surface area (Å²) in [5.74, 6) is 1.20. The topological polar surface area (TPSA) is 98.1 Å². The first-order valence-electron chi connectivity index (χ1n) is 11.6. The number of amides is 1. The van der Waals surface area contributed by atoms with Crippen LogP contribution in [0.1, 0.15) is 31.9 Å². The normalized spacial score (nSPS) is 22.4. The number of nitrogens with zero attached hydrogens (tertiary/aromatic N) is 6. The highest BCUT2D eigenvalue weighted by molar-refractivity contribution is 5.86. The van der Waals surface area contributed by atoms with E-state index in [4.69, 9.17) is 4.74 Å². The highest BCUT2D eigenvalue weighted by Crippen LogP contribution is 2.33. The van der Waals surface area contributed by atoms with Crippen LogP contribution in [0.2, 0.25) is 0 Å². The quantitative estimate of drug-likeness (QED) is 0.567. The molecular weight excluding hydrogens is 463 g/mol. The maximum absolute atomic E-state index is 12.9. The summed E-state index contributed by atoms with van der Waals surface area (Å²) < 4.78 is 45.9. The number of rotatable bonds is 6. The van der Waals surface area contributed by atoms with Gasteiger partial charge in [0, 0.05) is 50.5 Å². The van der Waals surface area contributed by atoms with E-state index in [2.05, 4.69) is 25.3 Å². The maximum atomic E-state index is 12.9. The summed E-state index contributed by atoms with van der Waals surface area (Å²) in [6.45, 7) is 3.67. The van der Waals surface area contributed by atoms with Crippen molar-refractivity contribution < 1.29 is 22.7 Å². The monoisotopic (exact) mass is 489 g/mol. The third kappa shape index (κ3) is 4.42. The van der Waals surface area contributed by atoms with Gasteiger partial charge in [-0.1, -0.05) is 0 Å². The van der Waals surface area contributed by atoms with Gasteiger partial charge < -0.3 is 19.5 Å². The van der Waals surface area contributed by atoms with Crippen molar-refractivity contribution in [2.24, 2.45) is 5.92 Å². The molecule has 3 aromatic heterocycles. The Morgan fingerprint density at radius 1 is 1.23 bits per heavy atom. The Hall–Kier alpha value is -3.28. The van der Waals surface area contributed by atoms with Gasteiger partial charge >= 0.3 is 6.18 Å². The molecule has 2 fully saturated rings. The number of carbonyl (C=O) groups is 1. The number of hydrogen-bond donors (Lipinski definition) is 1. The summed E-state index contributed by atoms with van der Waals surface area (Å²) >= 11 is 0. The zero-order valence-corrected chi connectivity index (χ0v) is 19.4. The summed E-state index contributed by atoms with van der Waals surface area (Å²) in [6, 6.07) is 2.32. The minimum Gasteiger partial charge on any atom is -0.381 e. The summed E-state index contributed by atoms with van der Waals surface area (Å²) in [5, 5.41) is 3.40. The molecule has 0 aromatic carbocycles. The minimum atomic E-state index is -4.51. The van der Waals surface area contributed by atoms with Crippen LogP contribution in [0.25, 0.3) is 22.6 Å². The molecule has 5 rings (SSSR count). The highest BCUT2D eigenvalue weighted by atomic mass is 19.4. The van der Waals surface area contributed by atoms with Crippen LogP contribution in [-0.4, -0.2) is 67.7 Å². The number of carbonyl (C=O) groups excluding carboxylic acids is 1. The van der Waals surface area contributed by atoms with Crippen molar-refractivity contribution in [1.82, 2.24) is 29.4 Å². The van der Waals surface area contributed by atoms with Gasteiger partial charge in [0.2, 0.25) is 5.91 Å². The number of imidazole rings is 1. The van der Waals surface area contributed by atoms with E-state index in [1.54, 1.807) is 7.11 Å². The molecule has 3 aromatic rings. The molecule has 0 bridgehead atoms. The Morgan fingerprint density at radius 2 is 2.03 bits per heavy atom. The Labute approximate surface area is 199 Å². The standard InChI is InChI=1S/C23H26F3N7O2/c1-3-33-20(13-4-5-17(27-10-13)23(24,25)26)31-18-19(28-12-29-21(18)33)30-15-6-7-32(11-15)22(34)14-8-16(9-14)35-2/h4-5,10,12,14-16H,3,6-9,11H2,1-2H3,(H,28,29,30)/t14-,15?,16+. The average molecular weight is 490 g/mol. The van der Waals surface area contributed by atoms with E-state index < -0.39 is 11.9 Å². The molecule has 9 nitrogen and oxygen atoms in total. The second-order valence-corrected chi connectivity index (χ2v) is 8.94. The number of nitrogens with one attached hydrogen (secondary N) is 1. The van der Waals surface area contributed by atoms with E-state index in [9.17, 15) is 18.0 Å². The summed E-state index contributed by atoms with van der Waals surface area (Å²) in [7, 11) is 1.67. The molecule has 0 spiro atoms. The summed E-state index contributed by atoms with van der Waals surface area (Å²) in [5.41, 5.74) is 0.598. The number of fused-ring (bicyclic) bond motifs is 1. The lowest BCUT2D eigenvalue weighted by molar-refractivity contribution is -0.142. The van der Waals surface area contributed by atoms with Crippen molar-refractivity contribution in [3.05, 3.63) is 30.4 Å². The number of halogens is 3. The van der Waals surface area contributed by atoms with E-state index in [1.807, 2.05) is 16.4 Å². The van der Waals surface area contributed by atoms with Crippen molar-refractivity contribution in [3.8, 4) is 11.4 Å². The second kappa shape index (κ2) is 9.06. The molecule has 1 saturated heterocycles. The number of ether oxygens (including phenoxy) is 1. The molecule has 1 atom stereocenters. The van der Waals surface area contributed by atoms with Crippen molar-refractivity contribution >= 4 is 22.9 Å². The van der Waals surface area contributed by atoms with Crippen LogP contribution in [0, 0.1) is 5.92 Å². The predicted octanol–water partition coefficient (Wildman–Crippen LogP) is 3.36. The maximum Gasteiger partial charge on any atom is 0.433 e. The lowest BCUT2D eigenvalue weighted by Crippen LogP contribution is -2.44. The van der Waals surface area contributed by atoms with Crippen LogP contribution in [0.5, 0.6) is 0 Å². The number of alkyl halides is 3. The molecule has 1 saturated carbocycles. The van der Waals surface area contributed by atoms with E-state index in [-0.39, 0.29) is 24.0 Å². The Morgan fingerprint density at radius 3 is 2.69 bits per heavy atom. The molecule has 2 aliphatic rings. The van der Waals surface area contributed by atoms with Gasteiger partial charge in [0.25, 0.3) is 0 Å². The number of methoxy groups -OCH3 is 1. The average Bonchev–Trinajstić information content (AvgIpc) is 3.43.